The third-order valence-corrected chi connectivity index (χ3v) is 4.34. The summed E-state index contributed by atoms with van der Waals surface area (Å²) in [4.78, 5) is 4.64. The third kappa shape index (κ3) is 6.37. The smallest absolute Gasteiger partial charge is 0.191 e. The molecule has 0 unspecified atom stereocenters. The van der Waals surface area contributed by atoms with E-state index < -0.39 is 0 Å². The number of guanidine groups is 1. The maximum Gasteiger partial charge on any atom is 0.191 e. The predicted molar refractivity (Wildman–Crippen MR) is 118 cm³/mol. The van der Waals surface area contributed by atoms with Crippen molar-refractivity contribution >= 4 is 29.9 Å². The number of rotatable bonds is 7. The van der Waals surface area contributed by atoms with Crippen LogP contribution in [0.25, 0.3) is 0 Å². The quantitative estimate of drug-likeness (QED) is 0.274. The Hall–Kier alpha value is -1.84. The van der Waals surface area contributed by atoms with Crippen molar-refractivity contribution in [3.8, 4) is 5.75 Å². The van der Waals surface area contributed by atoms with Crippen molar-refractivity contribution in [1.82, 2.24) is 25.4 Å². The molecule has 0 spiro atoms. The third-order valence-electron chi connectivity index (χ3n) is 4.34. The van der Waals surface area contributed by atoms with Gasteiger partial charge in [0.05, 0.1) is 6.54 Å². The molecule has 8 heteroatoms. The van der Waals surface area contributed by atoms with Crippen molar-refractivity contribution < 1.29 is 4.74 Å². The first-order valence-electron chi connectivity index (χ1n) is 9.39. The van der Waals surface area contributed by atoms with E-state index in [1.54, 1.807) is 0 Å². The second-order valence-corrected chi connectivity index (χ2v) is 6.42. The molecular weight excluding hydrogens is 455 g/mol. The highest BCUT2D eigenvalue weighted by Crippen LogP contribution is 2.14. The fourth-order valence-corrected chi connectivity index (χ4v) is 2.95. The molecule has 2 N–H and O–H groups in total. The molecule has 1 aromatic carbocycles. The van der Waals surface area contributed by atoms with Gasteiger partial charge in [-0.3, -0.25) is 0 Å². The van der Waals surface area contributed by atoms with E-state index in [0.717, 1.165) is 42.9 Å². The zero-order chi connectivity index (χ0) is 18.2. The number of aryl methyl sites for hydroxylation is 2. The van der Waals surface area contributed by atoms with Crippen LogP contribution >= 0.6 is 24.0 Å². The highest BCUT2D eigenvalue weighted by Gasteiger charge is 2.15. The summed E-state index contributed by atoms with van der Waals surface area (Å²) in [5.41, 5.74) is 1.23. The highest BCUT2D eigenvalue weighted by atomic mass is 127. The van der Waals surface area contributed by atoms with Crippen LogP contribution in [0.4, 0.5) is 0 Å². The number of nitrogens with zero attached hydrogens (tertiary/aromatic N) is 4. The van der Waals surface area contributed by atoms with E-state index in [0.29, 0.717) is 19.7 Å². The first-order chi connectivity index (χ1) is 12.8. The summed E-state index contributed by atoms with van der Waals surface area (Å²) in [7, 11) is 0. The van der Waals surface area contributed by atoms with E-state index in [2.05, 4.69) is 44.2 Å². The lowest BCUT2D eigenvalue weighted by molar-refractivity contribution is 0.322. The van der Waals surface area contributed by atoms with Crippen molar-refractivity contribution in [2.45, 2.75) is 46.2 Å². The Morgan fingerprint density at radius 3 is 2.78 bits per heavy atom. The Morgan fingerprint density at radius 2 is 2.00 bits per heavy atom. The van der Waals surface area contributed by atoms with Crippen molar-refractivity contribution in [2.75, 3.05) is 19.7 Å². The zero-order valence-electron chi connectivity index (χ0n) is 16.1. The van der Waals surface area contributed by atoms with Crippen LogP contribution in [0.1, 0.15) is 37.0 Å². The van der Waals surface area contributed by atoms with E-state index in [-0.39, 0.29) is 24.0 Å². The second kappa shape index (κ2) is 11.1. The van der Waals surface area contributed by atoms with Gasteiger partial charge >= 0.3 is 0 Å². The van der Waals surface area contributed by atoms with Gasteiger partial charge < -0.3 is 19.9 Å². The van der Waals surface area contributed by atoms with Gasteiger partial charge in [0.15, 0.2) is 11.8 Å². The molecule has 148 valence electrons. The van der Waals surface area contributed by atoms with Crippen LogP contribution in [0.5, 0.6) is 5.75 Å². The molecule has 0 saturated carbocycles. The fraction of sp³-hybridized carbons (Fsp3) is 0.526. The summed E-state index contributed by atoms with van der Waals surface area (Å²) in [5, 5.41) is 15.1. The van der Waals surface area contributed by atoms with Crippen LogP contribution in [-0.4, -0.2) is 40.4 Å². The largest absolute Gasteiger partial charge is 0.492 e. The van der Waals surface area contributed by atoms with Gasteiger partial charge in [-0.15, -0.1) is 34.2 Å². The number of aromatic nitrogens is 3. The highest BCUT2D eigenvalue weighted by molar-refractivity contribution is 14.0. The van der Waals surface area contributed by atoms with Gasteiger partial charge in [-0.05, 0) is 38.8 Å². The minimum Gasteiger partial charge on any atom is -0.492 e. The molecule has 1 aliphatic rings. The first kappa shape index (κ1) is 21.5. The summed E-state index contributed by atoms with van der Waals surface area (Å²) >= 11 is 0. The number of aliphatic imine (C=N–C) groups is 1. The molecule has 0 radical (unpaired) electrons. The lowest BCUT2D eigenvalue weighted by Gasteiger charge is -2.15. The van der Waals surface area contributed by atoms with E-state index in [4.69, 9.17) is 4.74 Å². The van der Waals surface area contributed by atoms with Gasteiger partial charge in [0.2, 0.25) is 0 Å². The molecule has 0 saturated heterocycles. The van der Waals surface area contributed by atoms with Crippen LogP contribution in [0.2, 0.25) is 0 Å². The van der Waals surface area contributed by atoms with Gasteiger partial charge in [0, 0.05) is 19.5 Å². The Balaban J connectivity index is 0.00000261. The van der Waals surface area contributed by atoms with Gasteiger partial charge in [-0.1, -0.05) is 17.7 Å². The van der Waals surface area contributed by atoms with E-state index in [1.165, 1.54) is 18.4 Å². The van der Waals surface area contributed by atoms with Gasteiger partial charge in [-0.25, -0.2) is 4.99 Å². The molecule has 2 heterocycles. The number of halogens is 1. The Labute approximate surface area is 178 Å². The SMILES string of the molecule is CCNC(=NCc1nnc2n1CCCC2)NCCOc1ccc(C)cc1.I. The Morgan fingerprint density at radius 1 is 1.19 bits per heavy atom. The number of nitrogens with one attached hydrogen (secondary N) is 2. The standard InChI is InChI=1S/C19H28N6O.HI/c1-3-20-19(21-11-13-26-16-9-7-15(2)8-10-16)22-14-18-24-23-17-6-4-5-12-25(17)18;/h7-10H,3-6,11-14H2,1-2H3,(H2,20,21,22);1H. The zero-order valence-corrected chi connectivity index (χ0v) is 18.4. The summed E-state index contributed by atoms with van der Waals surface area (Å²) < 4.78 is 7.95. The van der Waals surface area contributed by atoms with Crippen LogP contribution in [-0.2, 0) is 19.5 Å². The van der Waals surface area contributed by atoms with Crippen LogP contribution < -0.4 is 15.4 Å². The number of ether oxygens (including phenoxy) is 1. The molecule has 0 amide bonds. The molecule has 1 aliphatic heterocycles. The lowest BCUT2D eigenvalue weighted by atomic mass is 10.2. The molecule has 3 rings (SSSR count). The van der Waals surface area contributed by atoms with Crippen LogP contribution in [0, 0.1) is 6.92 Å². The average Bonchev–Trinajstić information content (AvgIpc) is 3.08. The van der Waals surface area contributed by atoms with E-state index in [9.17, 15) is 0 Å². The normalized spacial score (nSPS) is 13.5. The van der Waals surface area contributed by atoms with E-state index >= 15 is 0 Å². The summed E-state index contributed by atoms with van der Waals surface area (Å²) in [6.45, 7) is 7.71. The molecule has 7 nitrogen and oxygen atoms in total. The molecule has 2 aromatic rings. The summed E-state index contributed by atoms with van der Waals surface area (Å²) in [5.74, 6) is 3.68. The fourth-order valence-electron chi connectivity index (χ4n) is 2.95. The number of benzene rings is 1. The molecule has 0 fully saturated rings. The molecule has 0 atom stereocenters. The molecule has 0 aliphatic carbocycles. The molecule has 0 bridgehead atoms. The van der Waals surface area contributed by atoms with Crippen molar-refractivity contribution in [1.29, 1.82) is 0 Å². The lowest BCUT2D eigenvalue weighted by Crippen LogP contribution is -2.39. The van der Waals surface area contributed by atoms with Crippen LogP contribution in [0.3, 0.4) is 0 Å². The van der Waals surface area contributed by atoms with Crippen molar-refractivity contribution in [3.63, 3.8) is 0 Å². The Kier molecular flexibility index (Phi) is 8.83. The monoisotopic (exact) mass is 484 g/mol. The molecular formula is C19H29IN6O. The minimum absolute atomic E-state index is 0. The summed E-state index contributed by atoms with van der Waals surface area (Å²) in [6.07, 6.45) is 3.41. The predicted octanol–water partition coefficient (Wildman–Crippen LogP) is 2.67. The molecule has 1 aromatic heterocycles. The molecule has 27 heavy (non-hydrogen) atoms. The van der Waals surface area contributed by atoms with Gasteiger partial charge in [0.1, 0.15) is 24.7 Å². The first-order valence-corrected chi connectivity index (χ1v) is 9.39. The second-order valence-electron chi connectivity index (χ2n) is 6.42. The summed E-state index contributed by atoms with van der Waals surface area (Å²) in [6, 6.07) is 8.08. The van der Waals surface area contributed by atoms with Crippen molar-refractivity contribution in [2.24, 2.45) is 4.99 Å². The van der Waals surface area contributed by atoms with Gasteiger partial charge in [0.25, 0.3) is 0 Å². The Bertz CT molecular complexity index is 728. The minimum atomic E-state index is 0. The average molecular weight is 484 g/mol. The van der Waals surface area contributed by atoms with Crippen molar-refractivity contribution in [3.05, 3.63) is 41.5 Å². The number of hydrogen-bond acceptors (Lipinski definition) is 4. The number of fused-ring (bicyclic) bond motifs is 1. The van der Waals surface area contributed by atoms with E-state index in [1.807, 2.05) is 24.3 Å². The van der Waals surface area contributed by atoms with Gasteiger partial charge in [-0.2, -0.15) is 0 Å². The maximum absolute atomic E-state index is 5.74. The maximum atomic E-state index is 5.74. The topological polar surface area (TPSA) is 76.4 Å². The number of hydrogen-bond donors (Lipinski definition) is 2. The van der Waals surface area contributed by atoms with Crippen LogP contribution in [0.15, 0.2) is 29.3 Å².